The van der Waals surface area contributed by atoms with Crippen LogP contribution in [0.4, 0.5) is 0 Å². The molecule has 2 N–H and O–H groups in total. The average Bonchev–Trinajstić information content (AvgIpc) is 2.19. The summed E-state index contributed by atoms with van der Waals surface area (Å²) in [6, 6.07) is 6.23. The van der Waals surface area contributed by atoms with Crippen LogP contribution in [0.25, 0.3) is 0 Å². The first-order valence-electron chi connectivity index (χ1n) is 4.37. The number of aromatic hydroxyl groups is 1. The van der Waals surface area contributed by atoms with Gasteiger partial charge in [-0.25, -0.2) is 0 Å². The third-order valence-corrected chi connectivity index (χ3v) is 2.49. The molecule has 4 heteroatoms. The molecule has 0 radical (unpaired) electrons. The highest BCUT2D eigenvalue weighted by Gasteiger charge is 2.03. The van der Waals surface area contributed by atoms with Gasteiger partial charge in [-0.15, -0.1) is 0 Å². The van der Waals surface area contributed by atoms with E-state index in [1.165, 1.54) is 12.1 Å². The molecule has 0 aliphatic rings. The predicted octanol–water partition coefficient (Wildman–Crippen LogP) is 1.95. The monoisotopic (exact) mass is 305 g/mol. The van der Waals surface area contributed by atoms with Gasteiger partial charge in [0.15, 0.2) is 0 Å². The summed E-state index contributed by atoms with van der Waals surface area (Å²) in [5.74, 6) is 0.0867. The van der Waals surface area contributed by atoms with Gasteiger partial charge in [0.05, 0.1) is 0 Å². The highest BCUT2D eigenvalue weighted by Crippen LogP contribution is 2.09. The summed E-state index contributed by atoms with van der Waals surface area (Å²) >= 11 is 2.27. The lowest BCUT2D eigenvalue weighted by atomic mass is 10.2. The van der Waals surface area contributed by atoms with E-state index in [0.717, 1.165) is 10.8 Å². The lowest BCUT2D eigenvalue weighted by Crippen LogP contribution is -2.24. The molecular weight excluding hydrogens is 293 g/mol. The van der Waals surface area contributed by atoms with E-state index in [4.69, 9.17) is 5.11 Å². The summed E-state index contributed by atoms with van der Waals surface area (Å²) in [7, 11) is 0. The second-order valence-corrected chi connectivity index (χ2v) is 3.92. The fraction of sp³-hybridized carbons (Fsp3) is 0.300. The molecule has 0 bridgehead atoms. The number of rotatable bonds is 4. The van der Waals surface area contributed by atoms with E-state index in [1.807, 2.05) is 0 Å². The van der Waals surface area contributed by atoms with Crippen LogP contribution in [0.5, 0.6) is 5.75 Å². The summed E-state index contributed by atoms with van der Waals surface area (Å²) < 4.78 is 1.04. The summed E-state index contributed by atoms with van der Waals surface area (Å²) in [5.41, 5.74) is 0.580. The van der Waals surface area contributed by atoms with E-state index in [-0.39, 0.29) is 11.7 Å². The summed E-state index contributed by atoms with van der Waals surface area (Å²) in [6.45, 7) is 0.697. The largest absolute Gasteiger partial charge is 0.508 e. The lowest BCUT2D eigenvalue weighted by Gasteiger charge is -2.03. The van der Waals surface area contributed by atoms with Gasteiger partial charge in [-0.3, -0.25) is 4.79 Å². The maximum Gasteiger partial charge on any atom is 0.251 e. The van der Waals surface area contributed by atoms with E-state index in [1.54, 1.807) is 12.1 Å². The number of hydrogen-bond acceptors (Lipinski definition) is 2. The molecule has 0 heterocycles. The van der Waals surface area contributed by atoms with Gasteiger partial charge >= 0.3 is 0 Å². The normalized spacial score (nSPS) is 9.79. The Hall–Kier alpha value is -0.780. The number of alkyl halides is 1. The van der Waals surface area contributed by atoms with Crippen molar-refractivity contribution in [1.82, 2.24) is 5.32 Å². The van der Waals surface area contributed by atoms with Crippen molar-refractivity contribution in [2.24, 2.45) is 0 Å². The molecule has 0 aromatic heterocycles. The van der Waals surface area contributed by atoms with Gasteiger partial charge in [0.25, 0.3) is 5.91 Å². The minimum Gasteiger partial charge on any atom is -0.508 e. The van der Waals surface area contributed by atoms with Crippen LogP contribution in [-0.2, 0) is 0 Å². The lowest BCUT2D eigenvalue weighted by molar-refractivity contribution is 0.0954. The molecule has 0 unspecified atom stereocenters. The molecule has 76 valence electrons. The zero-order valence-corrected chi connectivity index (χ0v) is 9.82. The van der Waals surface area contributed by atoms with Crippen LogP contribution in [0.15, 0.2) is 24.3 Å². The van der Waals surface area contributed by atoms with E-state index in [9.17, 15) is 4.79 Å². The zero-order chi connectivity index (χ0) is 10.4. The number of amides is 1. The molecule has 0 saturated heterocycles. The van der Waals surface area contributed by atoms with Gasteiger partial charge < -0.3 is 10.4 Å². The second-order valence-electron chi connectivity index (χ2n) is 2.85. The molecule has 0 fully saturated rings. The van der Waals surface area contributed by atoms with E-state index >= 15 is 0 Å². The van der Waals surface area contributed by atoms with Crippen molar-refractivity contribution in [3.63, 3.8) is 0 Å². The van der Waals surface area contributed by atoms with Crippen LogP contribution >= 0.6 is 22.6 Å². The molecule has 0 atom stereocenters. The first kappa shape index (κ1) is 11.3. The molecule has 3 nitrogen and oxygen atoms in total. The fourth-order valence-corrected chi connectivity index (χ4v) is 1.36. The third-order valence-electron chi connectivity index (χ3n) is 1.73. The van der Waals surface area contributed by atoms with Crippen LogP contribution in [0.3, 0.4) is 0 Å². The number of carbonyl (C=O) groups excluding carboxylic acids is 1. The first-order chi connectivity index (χ1) is 6.74. The van der Waals surface area contributed by atoms with Crippen molar-refractivity contribution >= 4 is 28.5 Å². The number of benzene rings is 1. The Labute approximate surface area is 96.7 Å². The summed E-state index contributed by atoms with van der Waals surface area (Å²) in [4.78, 5) is 11.4. The number of phenolic OH excluding ortho intramolecular Hbond substituents is 1. The third kappa shape index (κ3) is 3.53. The molecular formula is C10H12INO2. The van der Waals surface area contributed by atoms with Crippen LogP contribution in [-0.4, -0.2) is 22.0 Å². The van der Waals surface area contributed by atoms with Crippen molar-refractivity contribution in [2.75, 3.05) is 11.0 Å². The SMILES string of the molecule is O=C(NCCCI)c1ccc(O)cc1. The van der Waals surface area contributed by atoms with Crippen molar-refractivity contribution in [3.8, 4) is 5.75 Å². The van der Waals surface area contributed by atoms with Crippen LogP contribution in [0.1, 0.15) is 16.8 Å². The number of halogens is 1. The van der Waals surface area contributed by atoms with Gasteiger partial charge in [0, 0.05) is 16.5 Å². The Balaban J connectivity index is 2.48. The summed E-state index contributed by atoms with van der Waals surface area (Å²) in [6.07, 6.45) is 0.977. The van der Waals surface area contributed by atoms with Crippen molar-refractivity contribution in [1.29, 1.82) is 0 Å². The maximum absolute atomic E-state index is 11.4. The molecule has 1 amide bonds. The van der Waals surface area contributed by atoms with Gasteiger partial charge in [-0.05, 0) is 30.7 Å². The molecule has 0 aliphatic heterocycles. The number of phenols is 1. The molecule has 0 aliphatic carbocycles. The Kier molecular flexibility index (Phi) is 4.72. The highest BCUT2D eigenvalue weighted by molar-refractivity contribution is 14.1. The van der Waals surface area contributed by atoms with Crippen LogP contribution in [0.2, 0.25) is 0 Å². The number of hydrogen-bond donors (Lipinski definition) is 2. The molecule has 0 saturated carbocycles. The van der Waals surface area contributed by atoms with Crippen molar-refractivity contribution in [3.05, 3.63) is 29.8 Å². The van der Waals surface area contributed by atoms with E-state index < -0.39 is 0 Å². The zero-order valence-electron chi connectivity index (χ0n) is 7.66. The number of nitrogens with one attached hydrogen (secondary N) is 1. The maximum atomic E-state index is 11.4. The summed E-state index contributed by atoms with van der Waals surface area (Å²) in [5, 5.41) is 11.8. The Morgan fingerprint density at radius 3 is 2.57 bits per heavy atom. The molecule has 1 rings (SSSR count). The Bertz CT molecular complexity index is 297. The van der Waals surface area contributed by atoms with Crippen molar-refractivity contribution < 1.29 is 9.90 Å². The van der Waals surface area contributed by atoms with E-state index in [2.05, 4.69) is 27.9 Å². The Morgan fingerprint density at radius 1 is 1.36 bits per heavy atom. The van der Waals surface area contributed by atoms with Gasteiger partial charge in [0.2, 0.25) is 0 Å². The molecule has 0 spiro atoms. The smallest absolute Gasteiger partial charge is 0.251 e. The topological polar surface area (TPSA) is 49.3 Å². The molecule has 14 heavy (non-hydrogen) atoms. The van der Waals surface area contributed by atoms with Crippen LogP contribution < -0.4 is 5.32 Å². The molecule has 1 aromatic carbocycles. The van der Waals surface area contributed by atoms with Gasteiger partial charge in [0.1, 0.15) is 5.75 Å². The fourth-order valence-electron chi connectivity index (χ4n) is 0.984. The van der Waals surface area contributed by atoms with Gasteiger partial charge in [-0.2, -0.15) is 0 Å². The minimum absolute atomic E-state index is 0.0881. The Morgan fingerprint density at radius 2 is 2.00 bits per heavy atom. The molecule has 1 aromatic rings. The standard InChI is InChI=1S/C10H12INO2/c11-6-1-7-12-10(14)8-2-4-9(13)5-3-8/h2-5,13H,1,6-7H2,(H,12,14). The minimum atomic E-state index is -0.0881. The first-order valence-corrected chi connectivity index (χ1v) is 5.90. The predicted molar refractivity (Wildman–Crippen MR) is 63.9 cm³/mol. The van der Waals surface area contributed by atoms with Crippen LogP contribution in [0, 0.1) is 0 Å². The highest BCUT2D eigenvalue weighted by atomic mass is 127. The second kappa shape index (κ2) is 5.85. The average molecular weight is 305 g/mol. The quantitative estimate of drug-likeness (QED) is 0.507. The van der Waals surface area contributed by atoms with Crippen molar-refractivity contribution in [2.45, 2.75) is 6.42 Å². The van der Waals surface area contributed by atoms with E-state index in [0.29, 0.717) is 12.1 Å². The number of carbonyl (C=O) groups is 1. The van der Waals surface area contributed by atoms with Gasteiger partial charge in [-0.1, -0.05) is 22.6 Å².